The average molecular weight is 399 g/mol. The number of nitrogens with one attached hydrogen (secondary N) is 1. The average Bonchev–Trinajstić information content (AvgIpc) is 2.71. The summed E-state index contributed by atoms with van der Waals surface area (Å²) >= 11 is 0. The largest absolute Gasteiger partial charge is 0.480 e. The van der Waals surface area contributed by atoms with Crippen LogP contribution in [0, 0.1) is 0 Å². The van der Waals surface area contributed by atoms with Crippen LogP contribution in [0.4, 0.5) is 0 Å². The number of nitrogens with zero attached hydrogens (tertiary/aromatic N) is 2. The van der Waals surface area contributed by atoms with Gasteiger partial charge in [0.25, 0.3) is 5.91 Å². The van der Waals surface area contributed by atoms with Gasteiger partial charge in [-0.05, 0) is 31.5 Å². The molecular weight excluding hydrogens is 374 g/mol. The molecule has 0 saturated carbocycles. The van der Waals surface area contributed by atoms with Crippen LogP contribution in [-0.2, 0) is 14.4 Å². The Morgan fingerprint density at radius 1 is 1.48 bits per heavy atom. The number of hydrogen-bond acceptors (Lipinski definition) is 7. The Morgan fingerprint density at radius 2 is 2.21 bits per heavy atom. The molecule has 0 fully saturated rings. The lowest BCUT2D eigenvalue weighted by atomic mass is 9.89. The Kier molecular flexibility index (Phi) is 5.35. The van der Waals surface area contributed by atoms with Gasteiger partial charge in [-0.25, -0.2) is 9.79 Å². The Labute approximate surface area is 168 Å². The Morgan fingerprint density at radius 3 is 2.79 bits per heavy atom. The second kappa shape index (κ2) is 7.60. The monoisotopic (exact) mass is 399 g/mol. The van der Waals surface area contributed by atoms with Gasteiger partial charge in [-0.2, -0.15) is 0 Å². The van der Waals surface area contributed by atoms with Gasteiger partial charge in [0.15, 0.2) is 18.0 Å². The summed E-state index contributed by atoms with van der Waals surface area (Å²) in [6.45, 7) is 3.83. The zero-order valence-corrected chi connectivity index (χ0v) is 16.7. The van der Waals surface area contributed by atoms with Crippen molar-refractivity contribution in [1.82, 2.24) is 10.2 Å². The topological polar surface area (TPSA) is 140 Å². The van der Waals surface area contributed by atoms with Crippen LogP contribution in [0.25, 0.3) is 5.70 Å². The Balaban J connectivity index is 2.11. The lowest BCUT2D eigenvalue weighted by Gasteiger charge is -2.42. The van der Waals surface area contributed by atoms with Gasteiger partial charge in [-0.15, -0.1) is 0 Å². The first-order valence-electron chi connectivity index (χ1n) is 9.43. The van der Waals surface area contributed by atoms with Crippen LogP contribution < -0.4 is 21.5 Å². The van der Waals surface area contributed by atoms with Gasteiger partial charge in [0, 0.05) is 24.6 Å². The number of carbonyl (C=O) groups is 2. The molecule has 3 atom stereocenters. The number of likely N-dealkylation sites (N-methyl/N-ethyl adjacent to an activating group) is 1. The number of rotatable bonds is 4. The van der Waals surface area contributed by atoms with Crippen LogP contribution >= 0.6 is 0 Å². The quantitative estimate of drug-likeness (QED) is 0.629. The molecule has 154 valence electrons. The van der Waals surface area contributed by atoms with Crippen LogP contribution in [-0.4, -0.2) is 47.3 Å². The first-order chi connectivity index (χ1) is 13.7. The number of hydrogen-bond donors (Lipinski definition) is 3. The Hall–Kier alpha value is -3.32. The number of carbonyl (C=O) groups excluding carboxylic acids is 3. The molecule has 0 spiro atoms. The van der Waals surface area contributed by atoms with Gasteiger partial charge < -0.3 is 21.5 Å². The highest BCUT2D eigenvalue weighted by molar-refractivity contribution is 6.00. The van der Waals surface area contributed by atoms with Crippen molar-refractivity contribution in [2.45, 2.75) is 50.8 Å². The number of nitrogens with two attached hydrogens (primary N) is 2. The van der Waals surface area contributed by atoms with E-state index in [4.69, 9.17) is 16.2 Å². The second-order valence-corrected chi connectivity index (χ2v) is 7.50. The molecule has 9 nitrogen and oxygen atoms in total. The van der Waals surface area contributed by atoms with E-state index in [0.29, 0.717) is 23.3 Å². The zero-order chi connectivity index (χ0) is 21.3. The molecular formula is C20H25N5O4. The minimum atomic E-state index is -0.803. The lowest BCUT2D eigenvalue weighted by Crippen LogP contribution is -2.54. The summed E-state index contributed by atoms with van der Waals surface area (Å²) in [5.41, 5.74) is 12.4. The maximum Gasteiger partial charge on any atom is 0.260 e. The smallest absolute Gasteiger partial charge is 0.260 e. The fourth-order valence-corrected chi connectivity index (χ4v) is 3.69. The number of guanidine groups is 1. The molecule has 2 amide bonds. The van der Waals surface area contributed by atoms with E-state index in [1.165, 1.54) is 11.9 Å². The molecule has 29 heavy (non-hydrogen) atoms. The summed E-state index contributed by atoms with van der Waals surface area (Å²) < 4.78 is 5.83. The highest BCUT2D eigenvalue weighted by atomic mass is 16.5. The van der Waals surface area contributed by atoms with E-state index >= 15 is 0 Å². The van der Waals surface area contributed by atoms with Crippen LogP contribution in [0.15, 0.2) is 23.2 Å². The van der Waals surface area contributed by atoms with E-state index in [-0.39, 0.29) is 36.3 Å². The number of aliphatic imine (C=N–C) groups is 1. The molecule has 5 N–H and O–H groups in total. The number of fused-ring (bicyclic) bond motifs is 1. The molecule has 2 aliphatic rings. The normalized spacial score (nSPS) is 26.0. The fraction of sp³-hybridized carbons (Fsp3) is 0.450. The van der Waals surface area contributed by atoms with Crippen molar-refractivity contribution >= 4 is 29.4 Å². The molecule has 3 unspecified atom stereocenters. The van der Waals surface area contributed by atoms with E-state index in [2.05, 4.69) is 10.3 Å². The molecule has 0 aliphatic carbocycles. The summed E-state index contributed by atoms with van der Waals surface area (Å²) in [5, 5.41) is 2.57. The second-order valence-electron chi connectivity index (χ2n) is 7.50. The third-order valence-corrected chi connectivity index (χ3v) is 5.54. The third kappa shape index (κ3) is 3.69. The molecule has 0 aromatic heterocycles. The highest BCUT2D eigenvalue weighted by Gasteiger charge is 2.43. The van der Waals surface area contributed by atoms with E-state index < -0.39 is 17.7 Å². The summed E-state index contributed by atoms with van der Waals surface area (Å²) in [6.07, 6.45) is 0.259. The van der Waals surface area contributed by atoms with E-state index in [1.807, 2.05) is 13.8 Å². The van der Waals surface area contributed by atoms with Crippen LogP contribution in [0.1, 0.15) is 50.3 Å². The van der Waals surface area contributed by atoms with E-state index in [0.717, 1.165) is 0 Å². The molecule has 1 aromatic carbocycles. The first-order valence-corrected chi connectivity index (χ1v) is 9.43. The van der Waals surface area contributed by atoms with Crippen LogP contribution in [0.2, 0.25) is 0 Å². The number of amides is 2. The van der Waals surface area contributed by atoms with Crippen molar-refractivity contribution in [2.75, 3.05) is 7.05 Å². The minimum absolute atomic E-state index is 0.0647. The van der Waals surface area contributed by atoms with Crippen molar-refractivity contribution in [1.29, 1.82) is 0 Å². The number of benzene rings is 1. The fourth-order valence-electron chi connectivity index (χ4n) is 3.69. The van der Waals surface area contributed by atoms with Gasteiger partial charge >= 0.3 is 0 Å². The van der Waals surface area contributed by atoms with Gasteiger partial charge in [0.1, 0.15) is 11.4 Å². The van der Waals surface area contributed by atoms with Gasteiger partial charge in [0.2, 0.25) is 5.91 Å². The van der Waals surface area contributed by atoms with Crippen molar-refractivity contribution in [3.8, 4) is 5.75 Å². The predicted molar refractivity (Wildman–Crippen MR) is 107 cm³/mol. The van der Waals surface area contributed by atoms with Crippen molar-refractivity contribution in [3.63, 3.8) is 0 Å². The van der Waals surface area contributed by atoms with E-state index in [1.54, 1.807) is 24.1 Å². The third-order valence-electron chi connectivity index (χ3n) is 5.54. The molecule has 9 heteroatoms. The van der Waals surface area contributed by atoms with Gasteiger partial charge in [-0.1, -0.05) is 6.92 Å². The molecule has 2 heterocycles. The standard InChI is InChI=1S/C20H25N5O4/c1-4-20(2)9-17(27)25(19(22)24-20)14-8-16(18(28)23-3)29-15-6-5-11(7-12(14)15)13(21)10-26/h5-7,14,16H,4,8-9,21H2,1-3H3,(H2,22,24)(H,23,28). The summed E-state index contributed by atoms with van der Waals surface area (Å²) in [7, 11) is 1.52. The SMILES string of the molecule is CCC1(C)CC(=O)N(C2CC(C(=O)NC)Oc3ccc(C(N)=C=O)cc32)C(N)=N1. The number of ether oxygens (including phenoxy) is 1. The van der Waals surface area contributed by atoms with Crippen LogP contribution in [0.5, 0.6) is 5.75 Å². The van der Waals surface area contributed by atoms with Gasteiger partial charge in [-0.3, -0.25) is 14.5 Å². The van der Waals surface area contributed by atoms with Crippen LogP contribution in [0.3, 0.4) is 0 Å². The molecule has 1 aromatic rings. The Bertz CT molecular complexity index is 937. The van der Waals surface area contributed by atoms with Crippen molar-refractivity contribution in [2.24, 2.45) is 16.5 Å². The minimum Gasteiger partial charge on any atom is -0.480 e. The molecule has 0 bridgehead atoms. The first kappa shape index (κ1) is 20.4. The highest BCUT2D eigenvalue weighted by Crippen LogP contribution is 2.41. The maximum atomic E-state index is 13.0. The summed E-state index contributed by atoms with van der Waals surface area (Å²) in [6, 6.07) is 4.30. The molecule has 2 aliphatic heterocycles. The summed E-state index contributed by atoms with van der Waals surface area (Å²) in [5.74, 6) is 1.69. The zero-order valence-electron chi connectivity index (χ0n) is 16.7. The molecule has 3 rings (SSSR count). The van der Waals surface area contributed by atoms with Crippen molar-refractivity contribution in [3.05, 3.63) is 29.3 Å². The summed E-state index contributed by atoms with van der Waals surface area (Å²) in [4.78, 5) is 42.2. The molecule has 0 saturated heterocycles. The van der Waals surface area contributed by atoms with Crippen molar-refractivity contribution < 1.29 is 19.1 Å². The van der Waals surface area contributed by atoms with Gasteiger partial charge in [0.05, 0.1) is 18.0 Å². The molecule has 0 radical (unpaired) electrons. The predicted octanol–water partition coefficient (Wildman–Crippen LogP) is 0.472. The maximum absolute atomic E-state index is 13.0. The van der Waals surface area contributed by atoms with E-state index in [9.17, 15) is 14.4 Å². The lowest BCUT2D eigenvalue weighted by molar-refractivity contribution is -0.135.